The highest BCUT2D eigenvalue weighted by Gasteiger charge is 2.16. The van der Waals surface area contributed by atoms with Gasteiger partial charge in [-0.15, -0.1) is 10.2 Å². The zero-order valence-corrected chi connectivity index (χ0v) is 20.2. The second kappa shape index (κ2) is 11.0. The van der Waals surface area contributed by atoms with Crippen LogP contribution in [0.5, 0.6) is 11.5 Å². The maximum atomic E-state index is 12.4. The Labute approximate surface area is 215 Å². The van der Waals surface area contributed by atoms with Gasteiger partial charge in [-0.3, -0.25) is 9.78 Å². The van der Waals surface area contributed by atoms with Crippen LogP contribution in [0, 0.1) is 0 Å². The quantitative estimate of drug-likeness (QED) is 0.213. The zero-order chi connectivity index (χ0) is 24.7. The van der Waals surface area contributed by atoms with Crippen LogP contribution in [0.1, 0.15) is 11.1 Å². The topological polar surface area (TPSA) is 116 Å². The first-order chi connectivity index (χ1) is 17.7. The van der Waals surface area contributed by atoms with Crippen molar-refractivity contribution in [3.8, 4) is 22.9 Å². The lowest BCUT2D eigenvalue weighted by Crippen LogP contribution is -2.19. The summed E-state index contributed by atoms with van der Waals surface area (Å²) in [5, 5.41) is 18.1. The molecule has 2 aromatic carbocycles. The van der Waals surface area contributed by atoms with Crippen LogP contribution in [0.25, 0.3) is 11.4 Å². The molecule has 1 aliphatic rings. The molecular formula is C24H18ClN7O3S. The first kappa shape index (κ1) is 23.5. The van der Waals surface area contributed by atoms with Gasteiger partial charge in [-0.05, 0) is 53.6 Å². The molecule has 1 amide bonds. The highest BCUT2D eigenvalue weighted by atomic mass is 35.5. The van der Waals surface area contributed by atoms with Gasteiger partial charge in [0.05, 0.1) is 18.2 Å². The van der Waals surface area contributed by atoms with Gasteiger partial charge in [0.25, 0.3) is 5.91 Å². The predicted molar refractivity (Wildman–Crippen MR) is 137 cm³/mol. The van der Waals surface area contributed by atoms with Crippen LogP contribution in [0.15, 0.2) is 82.4 Å². The molecule has 3 heterocycles. The van der Waals surface area contributed by atoms with Crippen LogP contribution >= 0.6 is 23.4 Å². The van der Waals surface area contributed by atoms with Crippen LogP contribution in [0.2, 0.25) is 5.02 Å². The number of fused-ring (bicyclic) bond motifs is 1. The molecule has 10 nitrogen and oxygen atoms in total. The third kappa shape index (κ3) is 5.70. The van der Waals surface area contributed by atoms with E-state index < -0.39 is 0 Å². The summed E-state index contributed by atoms with van der Waals surface area (Å²) in [5.41, 5.74) is 4.92. The van der Waals surface area contributed by atoms with Crippen molar-refractivity contribution in [3.05, 3.63) is 83.1 Å². The van der Waals surface area contributed by atoms with Gasteiger partial charge in [-0.1, -0.05) is 35.5 Å². The Balaban J connectivity index is 1.27. The highest BCUT2D eigenvalue weighted by Crippen LogP contribution is 2.32. The number of hydrogen-bond donors (Lipinski definition) is 1. The molecule has 4 aromatic rings. The summed E-state index contributed by atoms with van der Waals surface area (Å²) in [4.78, 5) is 16.4. The fraction of sp³-hybridized carbons (Fsp3) is 0.0833. The zero-order valence-electron chi connectivity index (χ0n) is 18.6. The molecule has 36 heavy (non-hydrogen) atoms. The number of pyridine rings is 1. The number of halogens is 1. The van der Waals surface area contributed by atoms with Crippen molar-refractivity contribution in [1.82, 2.24) is 25.3 Å². The van der Waals surface area contributed by atoms with Gasteiger partial charge in [0.1, 0.15) is 0 Å². The summed E-state index contributed by atoms with van der Waals surface area (Å²) in [7, 11) is 0. The number of carbonyl (C=O) groups is 1. The van der Waals surface area contributed by atoms with Crippen molar-refractivity contribution in [2.75, 3.05) is 12.5 Å². The van der Waals surface area contributed by atoms with Crippen LogP contribution < -0.4 is 14.9 Å². The Hall–Kier alpha value is -4.22. The Morgan fingerprint density at radius 1 is 1.03 bits per heavy atom. The fourth-order valence-corrected chi connectivity index (χ4v) is 3.95. The molecule has 0 spiro atoms. The van der Waals surface area contributed by atoms with Gasteiger partial charge >= 0.3 is 0 Å². The third-order valence-corrected chi connectivity index (χ3v) is 6.05. The van der Waals surface area contributed by atoms with Crippen molar-refractivity contribution in [1.29, 1.82) is 0 Å². The molecule has 1 aliphatic heterocycles. The standard InChI is InChI=1S/C24H18ClN7O3S/c25-19-4-1-16(2-5-19)13-28-32-23(18-7-9-26-10-8-18)30-31-24(32)36-14-22(33)29-27-12-17-3-6-20-21(11-17)35-15-34-20/h1-13H,14-15H2,(H,29,33)/b27-12-,28-13+. The Bertz CT molecular complexity index is 1430. The van der Waals surface area contributed by atoms with Gasteiger partial charge < -0.3 is 9.47 Å². The van der Waals surface area contributed by atoms with E-state index in [-0.39, 0.29) is 18.5 Å². The van der Waals surface area contributed by atoms with Crippen molar-refractivity contribution in [2.24, 2.45) is 10.2 Å². The summed E-state index contributed by atoms with van der Waals surface area (Å²) in [6.45, 7) is 0.196. The van der Waals surface area contributed by atoms with Crippen LogP contribution in [-0.4, -0.2) is 50.7 Å². The maximum Gasteiger partial charge on any atom is 0.250 e. The number of ether oxygens (including phenoxy) is 2. The van der Waals surface area contributed by atoms with E-state index in [0.717, 1.165) is 16.7 Å². The molecule has 180 valence electrons. The van der Waals surface area contributed by atoms with E-state index in [1.807, 2.05) is 30.3 Å². The molecule has 12 heteroatoms. The number of carbonyl (C=O) groups excluding carboxylic acids is 1. The molecule has 0 aliphatic carbocycles. The second-order valence-corrected chi connectivity index (χ2v) is 8.72. The maximum absolute atomic E-state index is 12.4. The van der Waals surface area contributed by atoms with E-state index in [9.17, 15) is 4.79 Å². The van der Waals surface area contributed by atoms with E-state index in [1.54, 1.807) is 47.5 Å². The number of thioether (sulfide) groups is 1. The third-order valence-electron chi connectivity index (χ3n) is 4.87. The van der Waals surface area contributed by atoms with E-state index >= 15 is 0 Å². The molecule has 0 atom stereocenters. The molecule has 0 fully saturated rings. The number of amides is 1. The number of nitrogens with one attached hydrogen (secondary N) is 1. The Morgan fingerprint density at radius 2 is 1.81 bits per heavy atom. The summed E-state index contributed by atoms with van der Waals surface area (Å²) in [6.07, 6.45) is 6.53. The summed E-state index contributed by atoms with van der Waals surface area (Å²) in [5.74, 6) is 1.60. The number of hydrogen-bond acceptors (Lipinski definition) is 9. The van der Waals surface area contributed by atoms with Crippen LogP contribution in [0.4, 0.5) is 0 Å². The second-order valence-electron chi connectivity index (χ2n) is 7.34. The van der Waals surface area contributed by atoms with Gasteiger partial charge in [0.2, 0.25) is 11.9 Å². The largest absolute Gasteiger partial charge is 0.454 e. The lowest BCUT2D eigenvalue weighted by molar-refractivity contribution is -0.118. The highest BCUT2D eigenvalue weighted by molar-refractivity contribution is 7.99. The minimum Gasteiger partial charge on any atom is -0.454 e. The lowest BCUT2D eigenvalue weighted by Gasteiger charge is -2.04. The smallest absolute Gasteiger partial charge is 0.250 e. The van der Waals surface area contributed by atoms with Crippen molar-refractivity contribution in [3.63, 3.8) is 0 Å². The number of rotatable bonds is 8. The van der Waals surface area contributed by atoms with E-state index in [0.29, 0.717) is 27.5 Å². The monoisotopic (exact) mass is 519 g/mol. The molecule has 1 N–H and O–H groups in total. The van der Waals surface area contributed by atoms with Crippen molar-refractivity contribution in [2.45, 2.75) is 5.16 Å². The summed E-state index contributed by atoms with van der Waals surface area (Å²) >= 11 is 7.16. The van der Waals surface area contributed by atoms with E-state index in [2.05, 4.69) is 30.8 Å². The lowest BCUT2D eigenvalue weighted by atomic mass is 10.2. The van der Waals surface area contributed by atoms with Gasteiger partial charge in [0.15, 0.2) is 17.3 Å². The average molecular weight is 520 g/mol. The first-order valence-electron chi connectivity index (χ1n) is 10.7. The number of benzene rings is 2. The fourth-order valence-electron chi connectivity index (χ4n) is 3.15. The average Bonchev–Trinajstić information content (AvgIpc) is 3.54. The van der Waals surface area contributed by atoms with Gasteiger partial charge in [0, 0.05) is 23.0 Å². The SMILES string of the molecule is O=C(CSc1nnc(-c2ccncc2)n1/N=C/c1ccc(Cl)cc1)N/N=C\c1ccc2c(c1)OCO2. The van der Waals surface area contributed by atoms with E-state index in [4.69, 9.17) is 21.1 Å². The van der Waals surface area contributed by atoms with Gasteiger partial charge in [-0.25, -0.2) is 5.43 Å². The van der Waals surface area contributed by atoms with Crippen LogP contribution in [0.3, 0.4) is 0 Å². The first-order valence-corrected chi connectivity index (χ1v) is 12.0. The molecule has 0 radical (unpaired) electrons. The molecule has 0 unspecified atom stereocenters. The van der Waals surface area contributed by atoms with Crippen molar-refractivity contribution < 1.29 is 14.3 Å². The van der Waals surface area contributed by atoms with Gasteiger partial charge in [-0.2, -0.15) is 14.9 Å². The normalized spacial score (nSPS) is 12.5. The molecule has 0 saturated carbocycles. The Kier molecular flexibility index (Phi) is 7.20. The molecule has 2 aromatic heterocycles. The number of aromatic nitrogens is 4. The van der Waals surface area contributed by atoms with E-state index in [1.165, 1.54) is 18.0 Å². The van der Waals surface area contributed by atoms with Crippen molar-refractivity contribution >= 4 is 41.7 Å². The summed E-state index contributed by atoms with van der Waals surface area (Å²) in [6, 6.07) is 16.3. The molecule has 5 rings (SSSR count). The Morgan fingerprint density at radius 3 is 2.64 bits per heavy atom. The summed E-state index contributed by atoms with van der Waals surface area (Å²) < 4.78 is 12.2. The minimum atomic E-state index is -0.307. The predicted octanol–water partition coefficient (Wildman–Crippen LogP) is 3.85. The number of hydrazone groups is 1. The van der Waals surface area contributed by atoms with Crippen LogP contribution in [-0.2, 0) is 4.79 Å². The number of nitrogens with zero attached hydrogens (tertiary/aromatic N) is 6. The molecule has 0 saturated heterocycles. The molecular weight excluding hydrogens is 502 g/mol. The minimum absolute atomic E-state index is 0.0590. The molecule has 0 bridgehead atoms.